The van der Waals surface area contributed by atoms with Crippen LogP contribution < -0.4 is 0 Å². The van der Waals surface area contributed by atoms with Gasteiger partial charge in [-0.1, -0.05) is 0 Å². The first kappa shape index (κ1) is 9.79. The van der Waals surface area contributed by atoms with E-state index in [1.165, 1.54) is 5.69 Å². The summed E-state index contributed by atoms with van der Waals surface area (Å²) >= 11 is 0. The number of aryl methyl sites for hydroxylation is 2. The standard InChI is InChI=1S/C10H15N3/c1-10(2,8-11)6-4-9-5-7-12-13(9)3/h5,7H,4,6H2,1-3H3. The highest BCUT2D eigenvalue weighted by Gasteiger charge is 2.16. The third-order valence-electron chi connectivity index (χ3n) is 2.23. The highest BCUT2D eigenvalue weighted by molar-refractivity contribution is 5.02. The van der Waals surface area contributed by atoms with Gasteiger partial charge in [0.05, 0.1) is 11.5 Å². The van der Waals surface area contributed by atoms with Crippen LogP contribution in [0.2, 0.25) is 0 Å². The van der Waals surface area contributed by atoms with Gasteiger partial charge in [-0.3, -0.25) is 4.68 Å². The molecule has 1 rings (SSSR count). The molecule has 70 valence electrons. The average Bonchev–Trinajstić information content (AvgIpc) is 2.48. The lowest BCUT2D eigenvalue weighted by Crippen LogP contribution is -2.10. The van der Waals surface area contributed by atoms with Crippen LogP contribution in [0.4, 0.5) is 0 Å². The number of nitrogens with zero attached hydrogens (tertiary/aromatic N) is 3. The van der Waals surface area contributed by atoms with E-state index in [1.54, 1.807) is 6.20 Å². The lowest BCUT2D eigenvalue weighted by molar-refractivity contribution is 0.444. The first-order valence-electron chi connectivity index (χ1n) is 4.43. The molecule has 3 nitrogen and oxygen atoms in total. The highest BCUT2D eigenvalue weighted by atomic mass is 15.2. The number of hydrogen-bond acceptors (Lipinski definition) is 2. The lowest BCUT2D eigenvalue weighted by Gasteiger charge is -2.14. The minimum absolute atomic E-state index is 0.232. The summed E-state index contributed by atoms with van der Waals surface area (Å²) < 4.78 is 1.85. The Kier molecular flexibility index (Phi) is 2.72. The molecule has 0 atom stereocenters. The Labute approximate surface area is 79.0 Å². The van der Waals surface area contributed by atoms with Crippen LogP contribution in [-0.2, 0) is 13.5 Å². The molecular weight excluding hydrogens is 162 g/mol. The van der Waals surface area contributed by atoms with Gasteiger partial charge in [0.1, 0.15) is 0 Å². The Morgan fingerprint density at radius 2 is 2.31 bits per heavy atom. The Morgan fingerprint density at radius 3 is 2.77 bits per heavy atom. The Balaban J connectivity index is 2.54. The fraction of sp³-hybridized carbons (Fsp3) is 0.600. The molecule has 1 aromatic rings. The molecule has 13 heavy (non-hydrogen) atoms. The molecule has 0 radical (unpaired) electrons. The first-order chi connectivity index (χ1) is 6.05. The molecular formula is C10H15N3. The van der Waals surface area contributed by atoms with Crippen molar-refractivity contribution >= 4 is 0 Å². The third kappa shape index (κ3) is 2.59. The van der Waals surface area contributed by atoms with Crippen molar-refractivity contribution in [3.05, 3.63) is 18.0 Å². The Hall–Kier alpha value is -1.30. The second kappa shape index (κ2) is 3.61. The third-order valence-corrected chi connectivity index (χ3v) is 2.23. The largest absolute Gasteiger partial charge is 0.273 e. The van der Waals surface area contributed by atoms with Crippen LogP contribution >= 0.6 is 0 Å². The summed E-state index contributed by atoms with van der Waals surface area (Å²) in [6.45, 7) is 3.92. The van der Waals surface area contributed by atoms with Gasteiger partial charge in [0.25, 0.3) is 0 Å². The van der Waals surface area contributed by atoms with Crippen molar-refractivity contribution < 1.29 is 0 Å². The second-order valence-electron chi connectivity index (χ2n) is 3.94. The number of nitriles is 1. The van der Waals surface area contributed by atoms with Crippen molar-refractivity contribution in [2.45, 2.75) is 26.7 Å². The van der Waals surface area contributed by atoms with Gasteiger partial charge in [0.2, 0.25) is 0 Å². The van der Waals surface area contributed by atoms with Gasteiger partial charge in [0.15, 0.2) is 0 Å². The summed E-state index contributed by atoms with van der Waals surface area (Å²) in [7, 11) is 1.93. The maximum atomic E-state index is 8.82. The lowest BCUT2D eigenvalue weighted by atomic mass is 9.89. The molecule has 0 unspecified atom stereocenters. The van der Waals surface area contributed by atoms with Gasteiger partial charge >= 0.3 is 0 Å². The van der Waals surface area contributed by atoms with Crippen LogP contribution in [0.25, 0.3) is 0 Å². The molecule has 0 saturated heterocycles. The molecule has 1 heterocycles. The predicted octanol–water partition coefficient (Wildman–Crippen LogP) is 1.90. The molecule has 0 aromatic carbocycles. The number of rotatable bonds is 3. The van der Waals surface area contributed by atoms with Crippen LogP contribution in [0.15, 0.2) is 12.3 Å². The molecule has 1 aromatic heterocycles. The summed E-state index contributed by atoms with van der Waals surface area (Å²) in [6, 6.07) is 4.29. The van der Waals surface area contributed by atoms with E-state index >= 15 is 0 Å². The minimum atomic E-state index is -0.232. The Morgan fingerprint density at radius 1 is 1.62 bits per heavy atom. The topological polar surface area (TPSA) is 41.6 Å². The fourth-order valence-corrected chi connectivity index (χ4v) is 1.14. The fourth-order valence-electron chi connectivity index (χ4n) is 1.14. The van der Waals surface area contributed by atoms with E-state index in [9.17, 15) is 0 Å². The van der Waals surface area contributed by atoms with Gasteiger partial charge in [-0.2, -0.15) is 10.4 Å². The van der Waals surface area contributed by atoms with Crippen molar-refractivity contribution in [1.29, 1.82) is 5.26 Å². The molecule has 0 N–H and O–H groups in total. The zero-order valence-corrected chi connectivity index (χ0v) is 8.41. The average molecular weight is 177 g/mol. The van der Waals surface area contributed by atoms with Crippen LogP contribution in [0.3, 0.4) is 0 Å². The van der Waals surface area contributed by atoms with Gasteiger partial charge in [-0.15, -0.1) is 0 Å². The summed E-state index contributed by atoms with van der Waals surface area (Å²) in [5.74, 6) is 0. The number of aromatic nitrogens is 2. The van der Waals surface area contributed by atoms with Crippen molar-refractivity contribution in [2.24, 2.45) is 12.5 Å². The van der Waals surface area contributed by atoms with Crippen molar-refractivity contribution in [2.75, 3.05) is 0 Å². The molecule has 0 fully saturated rings. The zero-order chi connectivity index (χ0) is 9.90. The van der Waals surface area contributed by atoms with E-state index in [1.807, 2.05) is 31.6 Å². The summed E-state index contributed by atoms with van der Waals surface area (Å²) in [4.78, 5) is 0. The van der Waals surface area contributed by atoms with E-state index in [-0.39, 0.29) is 5.41 Å². The van der Waals surface area contributed by atoms with Crippen LogP contribution in [0.5, 0.6) is 0 Å². The van der Waals surface area contributed by atoms with Gasteiger partial charge in [-0.05, 0) is 32.8 Å². The molecule has 0 amide bonds. The monoisotopic (exact) mass is 177 g/mol. The minimum Gasteiger partial charge on any atom is -0.273 e. The van der Waals surface area contributed by atoms with E-state index in [2.05, 4.69) is 11.2 Å². The Bertz CT molecular complexity index is 317. The van der Waals surface area contributed by atoms with E-state index in [0.29, 0.717) is 0 Å². The maximum Gasteiger partial charge on any atom is 0.0684 e. The highest BCUT2D eigenvalue weighted by Crippen LogP contribution is 2.20. The summed E-state index contributed by atoms with van der Waals surface area (Å²) in [6.07, 6.45) is 3.58. The quantitative estimate of drug-likeness (QED) is 0.707. The molecule has 0 aliphatic carbocycles. The van der Waals surface area contributed by atoms with Crippen LogP contribution in [0, 0.1) is 16.7 Å². The molecule has 0 saturated carbocycles. The molecule has 0 bridgehead atoms. The SMILES string of the molecule is Cn1nccc1CCC(C)(C)C#N. The van der Waals surface area contributed by atoms with Crippen molar-refractivity contribution in [3.63, 3.8) is 0 Å². The van der Waals surface area contributed by atoms with Gasteiger partial charge in [-0.25, -0.2) is 0 Å². The molecule has 3 heteroatoms. The molecule has 0 spiro atoms. The van der Waals surface area contributed by atoms with E-state index in [4.69, 9.17) is 5.26 Å². The molecule has 0 aliphatic rings. The van der Waals surface area contributed by atoms with E-state index in [0.717, 1.165) is 12.8 Å². The van der Waals surface area contributed by atoms with Gasteiger partial charge in [0, 0.05) is 18.9 Å². The van der Waals surface area contributed by atoms with Crippen LogP contribution in [-0.4, -0.2) is 9.78 Å². The number of hydrogen-bond donors (Lipinski definition) is 0. The van der Waals surface area contributed by atoms with E-state index < -0.39 is 0 Å². The normalized spacial score (nSPS) is 11.2. The summed E-state index contributed by atoms with van der Waals surface area (Å²) in [5, 5.41) is 12.9. The van der Waals surface area contributed by atoms with Crippen LogP contribution in [0.1, 0.15) is 26.0 Å². The smallest absolute Gasteiger partial charge is 0.0684 e. The van der Waals surface area contributed by atoms with Crippen molar-refractivity contribution in [1.82, 2.24) is 9.78 Å². The van der Waals surface area contributed by atoms with Gasteiger partial charge < -0.3 is 0 Å². The maximum absolute atomic E-state index is 8.82. The molecule has 0 aliphatic heterocycles. The van der Waals surface area contributed by atoms with Crippen molar-refractivity contribution in [3.8, 4) is 6.07 Å². The summed E-state index contributed by atoms with van der Waals surface area (Å²) in [5.41, 5.74) is 0.952. The second-order valence-corrected chi connectivity index (χ2v) is 3.94. The predicted molar refractivity (Wildman–Crippen MR) is 50.9 cm³/mol. The zero-order valence-electron chi connectivity index (χ0n) is 8.41. The first-order valence-corrected chi connectivity index (χ1v) is 4.43.